The second-order valence-electron chi connectivity index (χ2n) is 3.13. The highest BCUT2D eigenvalue weighted by Crippen LogP contribution is 2.15. The number of methoxy groups -OCH3 is 1. The fourth-order valence-corrected chi connectivity index (χ4v) is 1.28. The second kappa shape index (κ2) is 3.26. The molecule has 0 amide bonds. The van der Waals surface area contributed by atoms with Crippen LogP contribution >= 0.6 is 0 Å². The fraction of sp³-hybridized carbons (Fsp3) is 0.333. The van der Waals surface area contributed by atoms with E-state index < -0.39 is 0 Å². The largest absolute Gasteiger partial charge is 0.481 e. The van der Waals surface area contributed by atoms with Crippen molar-refractivity contribution >= 4 is 5.65 Å². The van der Waals surface area contributed by atoms with Crippen LogP contribution < -0.4 is 10.5 Å². The van der Waals surface area contributed by atoms with Gasteiger partial charge in [0.2, 0.25) is 5.88 Å². The van der Waals surface area contributed by atoms with Gasteiger partial charge in [-0.05, 0) is 6.92 Å². The summed E-state index contributed by atoms with van der Waals surface area (Å²) in [4.78, 5) is 8.32. The molecule has 2 aromatic heterocycles. The van der Waals surface area contributed by atoms with Crippen LogP contribution in [0.4, 0.5) is 0 Å². The number of ether oxygens (including phenoxy) is 1. The minimum Gasteiger partial charge on any atom is -0.481 e. The van der Waals surface area contributed by atoms with Gasteiger partial charge in [0.1, 0.15) is 0 Å². The van der Waals surface area contributed by atoms with Crippen LogP contribution in [0.1, 0.15) is 18.7 Å². The van der Waals surface area contributed by atoms with E-state index in [1.807, 2.05) is 17.5 Å². The zero-order chi connectivity index (χ0) is 10.1. The molecule has 5 nitrogen and oxygen atoms in total. The van der Waals surface area contributed by atoms with Crippen molar-refractivity contribution in [2.75, 3.05) is 7.11 Å². The van der Waals surface area contributed by atoms with Crippen LogP contribution in [0.5, 0.6) is 5.88 Å². The highest BCUT2D eigenvalue weighted by Gasteiger charge is 2.08. The highest BCUT2D eigenvalue weighted by atomic mass is 16.5. The van der Waals surface area contributed by atoms with Crippen LogP contribution in [0, 0.1) is 0 Å². The molecule has 2 N–H and O–H groups in total. The van der Waals surface area contributed by atoms with Gasteiger partial charge in [-0.3, -0.25) is 9.38 Å². The Labute approximate surface area is 81.5 Å². The molecule has 0 aromatic carbocycles. The third-order valence-electron chi connectivity index (χ3n) is 2.04. The molecule has 0 aliphatic carbocycles. The summed E-state index contributed by atoms with van der Waals surface area (Å²) < 4.78 is 6.97. The number of rotatable bonds is 2. The molecule has 2 heterocycles. The van der Waals surface area contributed by atoms with Gasteiger partial charge in [0.05, 0.1) is 25.2 Å². The maximum Gasteiger partial charge on any atom is 0.218 e. The first-order valence-electron chi connectivity index (χ1n) is 4.35. The summed E-state index contributed by atoms with van der Waals surface area (Å²) in [5.41, 5.74) is 7.31. The Morgan fingerprint density at radius 3 is 2.93 bits per heavy atom. The normalized spacial score (nSPS) is 13.1. The number of aromatic nitrogens is 3. The molecule has 0 saturated carbocycles. The van der Waals surface area contributed by atoms with Gasteiger partial charge < -0.3 is 10.5 Å². The first-order chi connectivity index (χ1) is 6.72. The predicted octanol–water partition coefficient (Wildman–Crippen LogP) is 0.758. The third kappa shape index (κ3) is 1.31. The van der Waals surface area contributed by atoms with Gasteiger partial charge in [0.25, 0.3) is 0 Å². The Morgan fingerprint density at radius 1 is 1.50 bits per heavy atom. The van der Waals surface area contributed by atoms with E-state index in [4.69, 9.17) is 10.5 Å². The van der Waals surface area contributed by atoms with Crippen molar-refractivity contribution in [2.24, 2.45) is 5.73 Å². The number of hydrogen-bond donors (Lipinski definition) is 1. The molecular formula is C9H12N4O. The van der Waals surface area contributed by atoms with E-state index in [2.05, 4.69) is 9.97 Å². The summed E-state index contributed by atoms with van der Waals surface area (Å²) >= 11 is 0. The van der Waals surface area contributed by atoms with E-state index in [1.165, 1.54) is 0 Å². The molecule has 0 fully saturated rings. The van der Waals surface area contributed by atoms with E-state index in [0.29, 0.717) is 5.88 Å². The average Bonchev–Trinajstić information content (AvgIpc) is 2.60. The summed E-state index contributed by atoms with van der Waals surface area (Å²) in [7, 11) is 1.60. The maximum atomic E-state index is 5.73. The first-order valence-corrected chi connectivity index (χ1v) is 4.35. The van der Waals surface area contributed by atoms with E-state index >= 15 is 0 Å². The standard InChI is InChI=1S/C9H12N4O/c1-6(10)7-5-13-8(12-7)3-11-4-9(13)14-2/h3-6H,10H2,1-2H3. The number of imidazole rings is 1. The summed E-state index contributed by atoms with van der Waals surface area (Å²) in [6, 6.07) is -0.0837. The van der Waals surface area contributed by atoms with E-state index in [0.717, 1.165) is 11.3 Å². The molecule has 0 radical (unpaired) electrons. The van der Waals surface area contributed by atoms with Crippen molar-refractivity contribution in [3.05, 3.63) is 24.3 Å². The Hall–Kier alpha value is -1.62. The molecule has 0 spiro atoms. The molecule has 0 bridgehead atoms. The van der Waals surface area contributed by atoms with E-state index in [9.17, 15) is 0 Å². The lowest BCUT2D eigenvalue weighted by atomic mass is 10.3. The van der Waals surface area contributed by atoms with Gasteiger partial charge in [-0.15, -0.1) is 0 Å². The summed E-state index contributed by atoms with van der Waals surface area (Å²) in [5, 5.41) is 0. The topological polar surface area (TPSA) is 65.4 Å². The average molecular weight is 192 g/mol. The van der Waals surface area contributed by atoms with Crippen molar-refractivity contribution < 1.29 is 4.74 Å². The smallest absolute Gasteiger partial charge is 0.218 e. The van der Waals surface area contributed by atoms with Gasteiger partial charge in [-0.2, -0.15) is 0 Å². The van der Waals surface area contributed by atoms with Crippen LogP contribution in [0.2, 0.25) is 0 Å². The van der Waals surface area contributed by atoms with E-state index in [1.54, 1.807) is 19.5 Å². The maximum absolute atomic E-state index is 5.73. The molecule has 1 atom stereocenters. The first kappa shape index (κ1) is 8.96. The van der Waals surface area contributed by atoms with E-state index in [-0.39, 0.29) is 6.04 Å². The summed E-state index contributed by atoms with van der Waals surface area (Å²) in [6.07, 6.45) is 5.18. The Kier molecular flexibility index (Phi) is 2.09. The third-order valence-corrected chi connectivity index (χ3v) is 2.04. The van der Waals surface area contributed by atoms with Crippen molar-refractivity contribution in [1.82, 2.24) is 14.4 Å². The molecule has 0 aliphatic heterocycles. The molecule has 1 unspecified atom stereocenters. The molecular weight excluding hydrogens is 180 g/mol. The van der Waals surface area contributed by atoms with Gasteiger partial charge in [-0.25, -0.2) is 4.98 Å². The van der Waals surface area contributed by atoms with Crippen LogP contribution in [0.15, 0.2) is 18.6 Å². The number of nitrogens with two attached hydrogens (primary N) is 1. The molecule has 0 aliphatic rings. The Balaban J connectivity index is 2.64. The fourth-order valence-electron chi connectivity index (χ4n) is 1.28. The minimum atomic E-state index is -0.0837. The van der Waals surface area contributed by atoms with Gasteiger partial charge >= 0.3 is 0 Å². The number of fused-ring (bicyclic) bond motifs is 1. The summed E-state index contributed by atoms with van der Waals surface area (Å²) in [6.45, 7) is 1.89. The molecule has 5 heteroatoms. The quantitative estimate of drug-likeness (QED) is 0.762. The second-order valence-corrected chi connectivity index (χ2v) is 3.13. The van der Waals surface area contributed by atoms with Crippen LogP contribution in [0.25, 0.3) is 5.65 Å². The zero-order valence-corrected chi connectivity index (χ0v) is 8.14. The van der Waals surface area contributed by atoms with Crippen molar-refractivity contribution in [3.63, 3.8) is 0 Å². The van der Waals surface area contributed by atoms with Gasteiger partial charge in [-0.1, -0.05) is 0 Å². The van der Waals surface area contributed by atoms with Crippen molar-refractivity contribution in [1.29, 1.82) is 0 Å². The highest BCUT2D eigenvalue weighted by molar-refractivity contribution is 5.40. The molecule has 2 rings (SSSR count). The number of hydrogen-bond acceptors (Lipinski definition) is 4. The molecule has 2 aromatic rings. The van der Waals surface area contributed by atoms with Crippen molar-refractivity contribution in [2.45, 2.75) is 13.0 Å². The van der Waals surface area contributed by atoms with Gasteiger partial charge in [0, 0.05) is 12.2 Å². The molecule has 14 heavy (non-hydrogen) atoms. The molecule has 0 saturated heterocycles. The lowest BCUT2D eigenvalue weighted by molar-refractivity contribution is 0.390. The zero-order valence-electron chi connectivity index (χ0n) is 8.14. The van der Waals surface area contributed by atoms with Crippen LogP contribution in [-0.4, -0.2) is 21.5 Å². The summed E-state index contributed by atoms with van der Waals surface area (Å²) in [5.74, 6) is 0.655. The van der Waals surface area contributed by atoms with Gasteiger partial charge in [0.15, 0.2) is 5.65 Å². The molecule has 74 valence electrons. The Bertz CT molecular complexity index is 449. The van der Waals surface area contributed by atoms with Crippen LogP contribution in [-0.2, 0) is 0 Å². The Morgan fingerprint density at radius 2 is 2.29 bits per heavy atom. The SMILES string of the molecule is COc1cncc2nc(C(C)N)cn12. The van der Waals surface area contributed by atoms with Crippen molar-refractivity contribution in [3.8, 4) is 5.88 Å². The monoisotopic (exact) mass is 192 g/mol. The number of nitrogens with zero attached hydrogens (tertiary/aromatic N) is 3. The van der Waals surface area contributed by atoms with Crippen LogP contribution in [0.3, 0.4) is 0 Å². The lowest BCUT2D eigenvalue weighted by Crippen LogP contribution is -2.04. The lowest BCUT2D eigenvalue weighted by Gasteiger charge is -2.00. The minimum absolute atomic E-state index is 0.0837. The predicted molar refractivity (Wildman–Crippen MR) is 52.1 cm³/mol.